The molecule has 200 valence electrons. The molecule has 0 fully saturated rings. The van der Waals surface area contributed by atoms with E-state index in [0.717, 1.165) is 11.6 Å². The normalized spacial score (nSPS) is 13.3. The Kier molecular flexibility index (Phi) is 10.8. The molecule has 2 N–H and O–H groups in total. The van der Waals surface area contributed by atoms with Crippen LogP contribution in [-0.2, 0) is 14.3 Å². The van der Waals surface area contributed by atoms with Gasteiger partial charge in [0.25, 0.3) is 0 Å². The highest BCUT2D eigenvalue weighted by molar-refractivity contribution is 6.31. The number of H-pyrrole nitrogens is 1. The molecule has 8 heteroatoms. The van der Waals surface area contributed by atoms with Gasteiger partial charge in [0.15, 0.2) is 5.78 Å². The number of hydrogen-bond donors (Lipinski definition) is 2. The highest BCUT2D eigenvalue weighted by Gasteiger charge is 2.18. The third kappa shape index (κ3) is 8.26. The van der Waals surface area contributed by atoms with Gasteiger partial charge in [0.05, 0.1) is 17.6 Å². The molecule has 0 bridgehead atoms. The number of aromatic nitrogens is 2. The fourth-order valence-electron chi connectivity index (χ4n) is 3.93. The van der Waals surface area contributed by atoms with Crippen LogP contribution >= 0.6 is 23.2 Å². The topological polar surface area (TPSA) is 92.3 Å². The molecule has 3 rings (SSSR count). The molecule has 0 radical (unpaired) electrons. The van der Waals surface area contributed by atoms with Crippen molar-refractivity contribution in [1.82, 2.24) is 9.97 Å². The van der Waals surface area contributed by atoms with Gasteiger partial charge in [-0.3, -0.25) is 4.79 Å². The fraction of sp³-hybridized carbons (Fsp3) is 0.129. The van der Waals surface area contributed by atoms with Crippen molar-refractivity contribution >= 4 is 51.6 Å². The van der Waals surface area contributed by atoms with E-state index >= 15 is 0 Å². The van der Waals surface area contributed by atoms with Crippen molar-refractivity contribution in [3.8, 4) is 0 Å². The Labute approximate surface area is 237 Å². The van der Waals surface area contributed by atoms with Gasteiger partial charge in [-0.2, -0.15) is 0 Å². The van der Waals surface area contributed by atoms with Gasteiger partial charge in [-0.05, 0) is 41.0 Å². The van der Waals surface area contributed by atoms with Crippen molar-refractivity contribution in [2.75, 3.05) is 13.7 Å². The summed E-state index contributed by atoms with van der Waals surface area (Å²) in [5, 5.41) is 10.1. The molecule has 1 heterocycles. The standard InChI is InChI=1S/C31H28Cl2N2O4/c1-20(29(36)16-24(19-39-3)22-8-5-4-6-9-22)11-12-23(17-30(37)38)21(2)26(10-7-15-32)31-34-27-14-13-25(33)18-28(27)35-31/h4-15,17-18,24H,1-2,16,19H2,3H3,(H,34,35)(H,37,38)/b12-11-,15-7+,23-17-,26-10+/t24-/m1/s1. The summed E-state index contributed by atoms with van der Waals surface area (Å²) in [6.45, 7) is 8.39. The molecule has 0 saturated carbocycles. The van der Waals surface area contributed by atoms with Gasteiger partial charge in [0.2, 0.25) is 0 Å². The molecule has 0 aliphatic carbocycles. The van der Waals surface area contributed by atoms with Crippen molar-refractivity contribution in [3.05, 3.63) is 131 Å². The van der Waals surface area contributed by atoms with Crippen LogP contribution in [0.2, 0.25) is 5.02 Å². The summed E-state index contributed by atoms with van der Waals surface area (Å²) in [6.07, 6.45) is 7.42. The van der Waals surface area contributed by atoms with Gasteiger partial charge in [-0.15, -0.1) is 0 Å². The number of carboxylic acid groups (broad SMARTS) is 1. The van der Waals surface area contributed by atoms with Crippen LogP contribution in [0.15, 0.2) is 114 Å². The van der Waals surface area contributed by atoms with Crippen molar-refractivity contribution < 1.29 is 19.4 Å². The van der Waals surface area contributed by atoms with Crippen molar-refractivity contribution in [3.63, 3.8) is 0 Å². The Bertz CT molecular complexity index is 1500. The lowest BCUT2D eigenvalue weighted by Crippen LogP contribution is -2.13. The predicted octanol–water partition coefficient (Wildman–Crippen LogP) is 7.42. The lowest BCUT2D eigenvalue weighted by Gasteiger charge is -2.16. The van der Waals surface area contributed by atoms with E-state index in [2.05, 4.69) is 23.1 Å². The first-order chi connectivity index (χ1) is 18.7. The average Bonchev–Trinajstić information content (AvgIpc) is 3.33. The summed E-state index contributed by atoms with van der Waals surface area (Å²) in [6, 6.07) is 14.9. The molecular formula is C31H28Cl2N2O4. The molecule has 2 aromatic carbocycles. The number of carboxylic acids is 1. The summed E-state index contributed by atoms with van der Waals surface area (Å²) in [5.41, 5.74) is 4.99. The Morgan fingerprint density at radius 3 is 2.56 bits per heavy atom. The third-order valence-corrected chi connectivity index (χ3v) is 6.26. The second-order valence-corrected chi connectivity index (χ2v) is 9.30. The Balaban J connectivity index is 1.88. The molecule has 3 aromatic rings. The monoisotopic (exact) mass is 562 g/mol. The predicted molar refractivity (Wildman–Crippen MR) is 158 cm³/mol. The van der Waals surface area contributed by atoms with Crippen LogP contribution in [0.5, 0.6) is 0 Å². The van der Waals surface area contributed by atoms with E-state index in [1.807, 2.05) is 30.3 Å². The van der Waals surface area contributed by atoms with Gasteiger partial charge in [-0.25, -0.2) is 9.78 Å². The maximum atomic E-state index is 13.0. The zero-order valence-electron chi connectivity index (χ0n) is 21.4. The van der Waals surface area contributed by atoms with Crippen LogP contribution in [0, 0.1) is 0 Å². The minimum atomic E-state index is -1.18. The first kappa shape index (κ1) is 29.6. The highest BCUT2D eigenvalue weighted by Crippen LogP contribution is 2.30. The SMILES string of the molecule is C=C(/C=C\C(=C\C(=O)O)C(=C)/C(=C\C=C\Cl)c1nc2ccc(Cl)cc2[nH]1)C(=O)C[C@H](COC)c1ccccc1. The molecule has 0 aliphatic rings. The number of carbonyl (C=O) groups is 2. The average molecular weight is 563 g/mol. The quantitative estimate of drug-likeness (QED) is 0.167. The number of fused-ring (bicyclic) bond motifs is 1. The number of carbonyl (C=O) groups excluding carboxylic acids is 1. The van der Waals surface area contributed by atoms with Crippen molar-refractivity contribution in [2.45, 2.75) is 12.3 Å². The van der Waals surface area contributed by atoms with E-state index in [4.69, 9.17) is 27.9 Å². The Hall–Kier alpha value is -3.97. The number of ketones is 1. The van der Waals surface area contributed by atoms with E-state index < -0.39 is 5.97 Å². The van der Waals surface area contributed by atoms with E-state index in [1.54, 1.807) is 37.5 Å². The van der Waals surface area contributed by atoms with E-state index in [-0.39, 0.29) is 29.3 Å². The lowest BCUT2D eigenvalue weighted by molar-refractivity contribution is -0.131. The molecule has 1 aromatic heterocycles. The van der Waals surface area contributed by atoms with Crippen LogP contribution in [-0.4, -0.2) is 40.5 Å². The van der Waals surface area contributed by atoms with Crippen LogP contribution in [0.3, 0.4) is 0 Å². The number of nitrogens with one attached hydrogen (secondary N) is 1. The third-order valence-electron chi connectivity index (χ3n) is 5.88. The number of allylic oxidation sites excluding steroid dienone is 8. The van der Waals surface area contributed by atoms with Gasteiger partial charge in [-0.1, -0.05) is 84.9 Å². The number of hydrogen-bond acceptors (Lipinski definition) is 4. The second-order valence-electron chi connectivity index (χ2n) is 8.61. The second kappa shape index (κ2) is 14.3. The van der Waals surface area contributed by atoms with Crippen LogP contribution < -0.4 is 0 Å². The molecule has 1 atom stereocenters. The first-order valence-corrected chi connectivity index (χ1v) is 12.8. The molecular weight excluding hydrogens is 535 g/mol. The summed E-state index contributed by atoms with van der Waals surface area (Å²) in [7, 11) is 1.59. The molecule has 0 spiro atoms. The Morgan fingerprint density at radius 2 is 1.90 bits per heavy atom. The number of halogens is 2. The van der Waals surface area contributed by atoms with Gasteiger partial charge in [0, 0.05) is 47.2 Å². The number of benzene rings is 2. The number of Topliss-reactive ketones (excluding diaryl/α,β-unsaturated/α-hetero) is 1. The maximum absolute atomic E-state index is 13.0. The highest BCUT2D eigenvalue weighted by atomic mass is 35.5. The number of methoxy groups -OCH3 is 1. The number of rotatable bonds is 13. The number of imidazole rings is 1. The summed E-state index contributed by atoms with van der Waals surface area (Å²) < 4.78 is 5.32. The molecule has 0 aliphatic heterocycles. The molecule has 0 saturated heterocycles. The van der Waals surface area contributed by atoms with E-state index in [9.17, 15) is 14.7 Å². The molecule has 6 nitrogen and oxygen atoms in total. The van der Waals surface area contributed by atoms with Gasteiger partial charge >= 0.3 is 5.97 Å². The number of nitrogens with zero attached hydrogens (tertiary/aromatic N) is 1. The summed E-state index contributed by atoms with van der Waals surface area (Å²) in [5.74, 6) is -1.07. The van der Waals surface area contributed by atoms with Crippen LogP contribution in [0.25, 0.3) is 16.6 Å². The molecule has 39 heavy (non-hydrogen) atoms. The summed E-state index contributed by atoms with van der Waals surface area (Å²) in [4.78, 5) is 32.4. The zero-order valence-corrected chi connectivity index (χ0v) is 22.9. The van der Waals surface area contributed by atoms with Gasteiger partial charge < -0.3 is 14.8 Å². The number of aliphatic carboxylic acids is 1. The van der Waals surface area contributed by atoms with E-state index in [1.165, 1.54) is 17.7 Å². The van der Waals surface area contributed by atoms with E-state index in [0.29, 0.717) is 39.6 Å². The molecule has 0 unspecified atom stereocenters. The Morgan fingerprint density at radius 1 is 1.15 bits per heavy atom. The first-order valence-electron chi connectivity index (χ1n) is 11.9. The van der Waals surface area contributed by atoms with Gasteiger partial charge in [0.1, 0.15) is 5.82 Å². The zero-order chi connectivity index (χ0) is 28.4. The minimum absolute atomic E-state index is 0.142. The number of ether oxygens (including phenoxy) is 1. The summed E-state index contributed by atoms with van der Waals surface area (Å²) >= 11 is 11.9. The smallest absolute Gasteiger partial charge is 0.328 e. The molecule has 0 amide bonds. The lowest BCUT2D eigenvalue weighted by atomic mass is 9.91. The van der Waals surface area contributed by atoms with Crippen LogP contribution in [0.4, 0.5) is 0 Å². The fourth-order valence-corrected chi connectivity index (χ4v) is 4.17. The van der Waals surface area contributed by atoms with Crippen molar-refractivity contribution in [2.24, 2.45) is 0 Å². The van der Waals surface area contributed by atoms with Crippen molar-refractivity contribution in [1.29, 1.82) is 0 Å². The van der Waals surface area contributed by atoms with Crippen LogP contribution in [0.1, 0.15) is 23.7 Å². The maximum Gasteiger partial charge on any atom is 0.328 e. The number of aromatic amines is 1. The minimum Gasteiger partial charge on any atom is -0.478 e. The largest absolute Gasteiger partial charge is 0.478 e.